The highest BCUT2D eigenvalue weighted by atomic mass is 35.5. The third-order valence-corrected chi connectivity index (χ3v) is 5.47. The maximum absolute atomic E-state index is 10.3. The van der Waals surface area contributed by atoms with Crippen molar-refractivity contribution in [3.05, 3.63) is 34.8 Å². The number of aliphatic hydroxyl groups excluding tert-OH is 3. The van der Waals surface area contributed by atoms with Crippen molar-refractivity contribution in [1.29, 1.82) is 0 Å². The van der Waals surface area contributed by atoms with Gasteiger partial charge in [0.1, 0.15) is 18.3 Å². The molecule has 24 heavy (non-hydrogen) atoms. The minimum atomic E-state index is -1.21. The molecule has 0 aliphatic carbocycles. The van der Waals surface area contributed by atoms with E-state index in [1.54, 1.807) is 22.8 Å². The lowest BCUT2D eigenvalue weighted by Gasteiger charge is -2.19. The highest BCUT2D eigenvalue weighted by molar-refractivity contribution is 7.99. The molecule has 0 amide bonds. The molecular weight excluding hydrogens is 375 g/mol. The number of hydrogen-bond acceptors (Lipinski definition) is 6. The van der Waals surface area contributed by atoms with Crippen molar-refractivity contribution in [2.45, 2.75) is 29.7 Å². The molecule has 1 aromatic heterocycles. The number of ether oxygens (including phenoxy) is 1. The number of benzene rings is 1. The molecule has 1 aliphatic heterocycles. The minimum absolute atomic E-state index is 0.345. The molecule has 1 saturated heterocycles. The van der Waals surface area contributed by atoms with Crippen LogP contribution in [-0.4, -0.2) is 55.5 Å². The van der Waals surface area contributed by atoms with E-state index in [1.807, 2.05) is 0 Å². The van der Waals surface area contributed by atoms with Gasteiger partial charge in [-0.2, -0.15) is 0 Å². The zero-order valence-electron chi connectivity index (χ0n) is 12.5. The topological polar surface area (TPSA) is 87.7 Å². The standard InChI is InChI=1S/C15H16Cl2N2O4S/c1-2-3-24-15-18-9-4-7(16)8(17)5-10(9)19(15)14-13(22)12(21)11(6-20)23-14/h2,4-5,11-14,20-22H,1,3,6H2/t11-,12-,13-,14-/m1/s1. The number of aliphatic hydroxyl groups is 3. The number of fused-ring (bicyclic) bond motifs is 1. The molecule has 9 heteroatoms. The van der Waals surface area contributed by atoms with E-state index in [0.717, 1.165) is 0 Å². The van der Waals surface area contributed by atoms with Crippen molar-refractivity contribution in [3.8, 4) is 0 Å². The predicted molar refractivity (Wildman–Crippen MR) is 93.7 cm³/mol. The Labute approximate surface area is 152 Å². The van der Waals surface area contributed by atoms with Crippen LogP contribution < -0.4 is 0 Å². The summed E-state index contributed by atoms with van der Waals surface area (Å²) in [4.78, 5) is 4.51. The molecule has 4 atom stereocenters. The van der Waals surface area contributed by atoms with Crippen LogP contribution in [0.5, 0.6) is 0 Å². The third-order valence-electron chi connectivity index (χ3n) is 3.80. The van der Waals surface area contributed by atoms with Crippen LogP contribution in [0.4, 0.5) is 0 Å². The van der Waals surface area contributed by atoms with Crippen LogP contribution in [-0.2, 0) is 4.74 Å². The number of hydrogen-bond donors (Lipinski definition) is 3. The van der Waals surface area contributed by atoms with Gasteiger partial charge in [-0.15, -0.1) is 6.58 Å². The minimum Gasteiger partial charge on any atom is -0.394 e. The Kier molecular flexibility index (Phi) is 5.41. The van der Waals surface area contributed by atoms with Crippen LogP contribution in [0, 0.1) is 0 Å². The first-order chi connectivity index (χ1) is 11.5. The Bertz CT molecular complexity index is 770. The summed E-state index contributed by atoms with van der Waals surface area (Å²) >= 11 is 13.6. The van der Waals surface area contributed by atoms with Gasteiger partial charge in [-0.05, 0) is 12.1 Å². The maximum atomic E-state index is 10.3. The number of aromatic nitrogens is 2. The monoisotopic (exact) mass is 390 g/mol. The molecule has 0 bridgehead atoms. The first-order valence-corrected chi connectivity index (χ1v) is 8.95. The van der Waals surface area contributed by atoms with Gasteiger partial charge in [0.15, 0.2) is 11.4 Å². The normalized spacial score (nSPS) is 27.0. The zero-order chi connectivity index (χ0) is 17.4. The molecule has 2 aromatic rings. The Morgan fingerprint density at radius 1 is 1.29 bits per heavy atom. The van der Waals surface area contributed by atoms with E-state index in [4.69, 9.17) is 27.9 Å². The average Bonchev–Trinajstić information content (AvgIpc) is 3.04. The number of nitrogens with zero attached hydrogens (tertiary/aromatic N) is 2. The molecule has 0 saturated carbocycles. The van der Waals surface area contributed by atoms with Gasteiger partial charge in [0.25, 0.3) is 0 Å². The van der Waals surface area contributed by atoms with Crippen LogP contribution in [0.2, 0.25) is 10.0 Å². The lowest BCUT2D eigenvalue weighted by Crippen LogP contribution is -2.33. The van der Waals surface area contributed by atoms with Gasteiger partial charge in [0.2, 0.25) is 0 Å². The molecule has 0 spiro atoms. The second kappa shape index (κ2) is 7.21. The summed E-state index contributed by atoms with van der Waals surface area (Å²) in [7, 11) is 0. The van der Waals surface area contributed by atoms with Gasteiger partial charge in [-0.25, -0.2) is 4.98 Å². The highest BCUT2D eigenvalue weighted by Crippen LogP contribution is 2.38. The SMILES string of the molecule is C=CCSc1nc2cc(Cl)c(Cl)cc2n1[C@@H]1O[C@H](CO)[C@@H](O)[C@H]1O. The molecule has 3 N–H and O–H groups in total. The summed E-state index contributed by atoms with van der Waals surface area (Å²) in [5, 5.41) is 30.9. The second-order valence-corrected chi connectivity index (χ2v) is 7.15. The van der Waals surface area contributed by atoms with E-state index in [9.17, 15) is 15.3 Å². The zero-order valence-corrected chi connectivity index (χ0v) is 14.8. The molecule has 0 unspecified atom stereocenters. The summed E-state index contributed by atoms with van der Waals surface area (Å²) in [5.41, 5.74) is 1.21. The van der Waals surface area contributed by atoms with Crippen molar-refractivity contribution < 1.29 is 20.1 Å². The number of imidazole rings is 1. The van der Waals surface area contributed by atoms with E-state index in [1.165, 1.54) is 11.8 Å². The molecule has 2 heterocycles. The fraction of sp³-hybridized carbons (Fsp3) is 0.400. The van der Waals surface area contributed by atoms with E-state index in [0.29, 0.717) is 32.0 Å². The molecule has 1 fully saturated rings. The molecule has 130 valence electrons. The lowest BCUT2D eigenvalue weighted by atomic mass is 10.1. The molecule has 6 nitrogen and oxygen atoms in total. The van der Waals surface area contributed by atoms with Crippen LogP contribution >= 0.6 is 35.0 Å². The predicted octanol–water partition coefficient (Wildman–Crippen LogP) is 2.23. The van der Waals surface area contributed by atoms with E-state index < -0.39 is 31.1 Å². The third kappa shape index (κ3) is 3.06. The van der Waals surface area contributed by atoms with Crippen molar-refractivity contribution in [1.82, 2.24) is 9.55 Å². The van der Waals surface area contributed by atoms with E-state index >= 15 is 0 Å². The van der Waals surface area contributed by atoms with Gasteiger partial charge in [0.05, 0.1) is 27.7 Å². The quantitative estimate of drug-likeness (QED) is 0.535. The Hall–Kier alpha value is -0.800. The number of thioether (sulfide) groups is 1. The molecule has 1 aliphatic rings. The highest BCUT2D eigenvalue weighted by Gasteiger charge is 2.44. The molecular formula is C15H16Cl2N2O4S. The van der Waals surface area contributed by atoms with Gasteiger partial charge in [-0.1, -0.05) is 41.0 Å². The van der Waals surface area contributed by atoms with Gasteiger partial charge in [0, 0.05) is 5.75 Å². The molecule has 1 aromatic carbocycles. The van der Waals surface area contributed by atoms with Crippen molar-refractivity contribution in [2.75, 3.05) is 12.4 Å². The van der Waals surface area contributed by atoms with Crippen molar-refractivity contribution in [2.24, 2.45) is 0 Å². The first kappa shape index (κ1) is 18.0. The van der Waals surface area contributed by atoms with Crippen LogP contribution in [0.25, 0.3) is 11.0 Å². The molecule has 0 radical (unpaired) electrons. The maximum Gasteiger partial charge on any atom is 0.171 e. The van der Waals surface area contributed by atoms with Gasteiger partial charge >= 0.3 is 0 Å². The summed E-state index contributed by atoms with van der Waals surface area (Å²) in [5.74, 6) is 0.597. The Balaban J connectivity index is 2.13. The smallest absolute Gasteiger partial charge is 0.171 e. The summed E-state index contributed by atoms with van der Waals surface area (Å²) in [6.07, 6.45) is -2.45. The lowest BCUT2D eigenvalue weighted by molar-refractivity contribution is -0.0545. The van der Waals surface area contributed by atoms with Crippen LogP contribution in [0.15, 0.2) is 29.9 Å². The van der Waals surface area contributed by atoms with Gasteiger partial charge < -0.3 is 20.1 Å². The van der Waals surface area contributed by atoms with Crippen LogP contribution in [0.3, 0.4) is 0 Å². The first-order valence-electron chi connectivity index (χ1n) is 7.21. The van der Waals surface area contributed by atoms with Crippen molar-refractivity contribution in [3.63, 3.8) is 0 Å². The Morgan fingerprint density at radius 2 is 2.00 bits per heavy atom. The second-order valence-electron chi connectivity index (χ2n) is 5.35. The van der Waals surface area contributed by atoms with Crippen LogP contribution in [0.1, 0.15) is 6.23 Å². The average molecular weight is 391 g/mol. The fourth-order valence-corrected chi connectivity index (χ4v) is 3.73. The summed E-state index contributed by atoms with van der Waals surface area (Å²) < 4.78 is 7.30. The number of halogens is 2. The van der Waals surface area contributed by atoms with E-state index in [-0.39, 0.29) is 0 Å². The summed E-state index contributed by atoms with van der Waals surface area (Å²) in [6.45, 7) is 3.28. The number of rotatable bonds is 5. The Morgan fingerprint density at radius 3 is 2.62 bits per heavy atom. The fourth-order valence-electron chi connectivity index (χ4n) is 2.64. The summed E-state index contributed by atoms with van der Waals surface area (Å²) in [6, 6.07) is 3.27. The van der Waals surface area contributed by atoms with Crippen molar-refractivity contribution >= 4 is 46.0 Å². The van der Waals surface area contributed by atoms with Gasteiger partial charge in [-0.3, -0.25) is 4.57 Å². The molecule has 3 rings (SSSR count). The largest absolute Gasteiger partial charge is 0.394 e. The van der Waals surface area contributed by atoms with E-state index in [2.05, 4.69) is 11.6 Å².